The second-order valence-electron chi connectivity index (χ2n) is 12.2. The zero-order valence-corrected chi connectivity index (χ0v) is 30.6. The van der Waals surface area contributed by atoms with E-state index in [9.17, 15) is 24.6 Å². The Hall–Kier alpha value is -5.83. The molecule has 0 aliphatic carbocycles. The van der Waals surface area contributed by atoms with E-state index in [-0.39, 0.29) is 35.7 Å². The number of halogens is 2. The Morgan fingerprint density at radius 2 is 1.25 bits per heavy atom. The molecule has 0 unspecified atom stereocenters. The molecule has 8 nitrogen and oxygen atoms in total. The van der Waals surface area contributed by atoms with E-state index >= 15 is 0 Å². The van der Waals surface area contributed by atoms with Gasteiger partial charge in [-0.1, -0.05) is 83.9 Å². The fraction of sp³-hybridized carbons (Fsp3) is 0.140. The van der Waals surface area contributed by atoms with Crippen molar-refractivity contribution in [2.45, 2.75) is 39.9 Å². The van der Waals surface area contributed by atoms with Gasteiger partial charge in [-0.15, -0.1) is 0 Å². The fourth-order valence-electron chi connectivity index (χ4n) is 5.50. The van der Waals surface area contributed by atoms with Crippen molar-refractivity contribution in [2.75, 3.05) is 0 Å². The molecule has 0 fully saturated rings. The van der Waals surface area contributed by atoms with E-state index < -0.39 is 5.97 Å². The number of Topliss-reactive ketones (excluding diaryl/α,β-unsaturated/α-hetero) is 2. The van der Waals surface area contributed by atoms with Crippen LogP contribution in [0.2, 0.25) is 10.0 Å². The number of carboxylic acids is 1. The summed E-state index contributed by atoms with van der Waals surface area (Å²) in [7, 11) is 0. The third-order valence-corrected chi connectivity index (χ3v) is 8.65. The van der Waals surface area contributed by atoms with Gasteiger partial charge in [0.15, 0.2) is 5.78 Å². The third kappa shape index (κ3) is 10.4. The van der Waals surface area contributed by atoms with Crippen LogP contribution in [0.4, 0.5) is 0 Å². The highest BCUT2D eigenvalue weighted by molar-refractivity contribution is 6.31. The normalized spacial score (nSPS) is 10.6. The number of aromatic hydroxyl groups is 1. The van der Waals surface area contributed by atoms with Crippen molar-refractivity contribution in [3.05, 3.63) is 165 Å². The second kappa shape index (κ2) is 18.1. The molecule has 6 rings (SSSR count). The van der Waals surface area contributed by atoms with Gasteiger partial charge < -0.3 is 29.0 Å². The summed E-state index contributed by atoms with van der Waals surface area (Å²) in [5.41, 5.74) is 5.39. The first-order chi connectivity index (χ1) is 25.5. The molecule has 53 heavy (non-hydrogen) atoms. The zero-order chi connectivity index (χ0) is 37.9. The molecule has 0 atom stereocenters. The number of phenols is 1. The molecule has 6 aromatic rings. The predicted molar refractivity (Wildman–Crippen MR) is 207 cm³/mol. The quantitative estimate of drug-likeness (QED) is 0.113. The molecule has 2 N–H and O–H groups in total. The highest BCUT2D eigenvalue weighted by Crippen LogP contribution is 2.37. The van der Waals surface area contributed by atoms with E-state index in [2.05, 4.69) is 0 Å². The highest BCUT2D eigenvalue weighted by Gasteiger charge is 2.18. The Morgan fingerprint density at radius 3 is 1.85 bits per heavy atom. The van der Waals surface area contributed by atoms with Gasteiger partial charge in [0, 0.05) is 39.8 Å². The van der Waals surface area contributed by atoms with Gasteiger partial charge in [0.2, 0.25) is 0 Å². The van der Waals surface area contributed by atoms with Crippen LogP contribution < -0.4 is 9.47 Å². The molecule has 1 heterocycles. The number of ketones is 2. The van der Waals surface area contributed by atoms with Crippen molar-refractivity contribution in [1.29, 1.82) is 0 Å². The number of carbonyl (C=O) groups excluding carboxylic acids is 2. The lowest BCUT2D eigenvalue weighted by molar-refractivity contribution is -0.117. The van der Waals surface area contributed by atoms with E-state index in [1.165, 1.54) is 19.1 Å². The molecule has 0 saturated carbocycles. The topological polar surface area (TPSA) is 115 Å². The van der Waals surface area contributed by atoms with Gasteiger partial charge in [-0.25, -0.2) is 4.79 Å². The summed E-state index contributed by atoms with van der Waals surface area (Å²) in [6.07, 6.45) is 0.390. The van der Waals surface area contributed by atoms with Crippen LogP contribution in [0, 0.1) is 6.92 Å². The lowest BCUT2D eigenvalue weighted by Crippen LogP contribution is -2.06. The molecule has 0 aliphatic rings. The van der Waals surface area contributed by atoms with Crippen molar-refractivity contribution in [2.24, 2.45) is 0 Å². The summed E-state index contributed by atoms with van der Waals surface area (Å²) < 4.78 is 13.8. The molecule has 0 spiro atoms. The van der Waals surface area contributed by atoms with E-state index in [0.717, 1.165) is 28.1 Å². The largest absolute Gasteiger partial charge is 0.507 e. The van der Waals surface area contributed by atoms with Gasteiger partial charge in [0.1, 0.15) is 41.8 Å². The minimum atomic E-state index is -1.19. The summed E-state index contributed by atoms with van der Waals surface area (Å²) in [4.78, 5) is 34.8. The standard InChI is InChI=1S/C25H20ClNO4.C18H17ClO3/c1-16-7-10-22(27(16)19-9-11-23(28)21(14-19)25(29)30)20-13-18(26)8-12-24(20)31-15-17-5-3-2-4-6-17;1-13(20)7-9-17(21)16-11-15(19)8-10-18(16)22-12-14-5-3-2-4-6-14/h2-14,28H,15H2,1H3,(H,29,30);2-6,8,10-11H,7,9,12H2,1H3. The maximum absolute atomic E-state index is 12.2. The number of aromatic nitrogens is 1. The average molecular weight is 751 g/mol. The number of rotatable bonds is 13. The lowest BCUT2D eigenvalue weighted by atomic mass is 10.0. The number of aryl methyl sites for hydroxylation is 1. The number of carbonyl (C=O) groups is 3. The number of ether oxygens (including phenoxy) is 2. The minimum Gasteiger partial charge on any atom is -0.507 e. The third-order valence-electron chi connectivity index (χ3n) is 8.18. The predicted octanol–water partition coefficient (Wildman–Crippen LogP) is 10.6. The number of aromatic carboxylic acids is 1. The first kappa shape index (κ1) is 38.4. The molecule has 5 aromatic carbocycles. The lowest BCUT2D eigenvalue weighted by Gasteiger charge is -2.17. The second-order valence-corrected chi connectivity index (χ2v) is 13.0. The monoisotopic (exact) mass is 749 g/mol. The maximum atomic E-state index is 12.2. The Kier molecular flexibility index (Phi) is 13.1. The van der Waals surface area contributed by atoms with Crippen molar-refractivity contribution in [1.82, 2.24) is 4.57 Å². The number of hydrogen-bond acceptors (Lipinski definition) is 6. The van der Waals surface area contributed by atoms with Crippen LogP contribution in [-0.2, 0) is 18.0 Å². The SMILES string of the molecule is CC(=O)CCC(=O)c1cc(Cl)ccc1OCc1ccccc1.Cc1ccc(-c2cc(Cl)ccc2OCc2ccccc2)n1-c1ccc(O)c(C(=O)O)c1. The van der Waals surface area contributed by atoms with Crippen molar-refractivity contribution < 1.29 is 34.1 Å². The Balaban J connectivity index is 0.000000217. The summed E-state index contributed by atoms with van der Waals surface area (Å²) in [6.45, 7) is 4.16. The molecule has 270 valence electrons. The summed E-state index contributed by atoms with van der Waals surface area (Å²) in [6, 6.07) is 38.3. The maximum Gasteiger partial charge on any atom is 0.339 e. The van der Waals surface area contributed by atoms with Gasteiger partial charge in [0.25, 0.3) is 0 Å². The summed E-state index contributed by atoms with van der Waals surface area (Å²) in [5, 5.41) is 20.3. The van der Waals surface area contributed by atoms with Crippen LogP contribution in [0.25, 0.3) is 16.9 Å². The van der Waals surface area contributed by atoms with Crippen molar-refractivity contribution in [3.8, 4) is 34.2 Å². The molecule has 1 aromatic heterocycles. The highest BCUT2D eigenvalue weighted by atomic mass is 35.5. The van der Waals surface area contributed by atoms with Crippen LogP contribution >= 0.6 is 23.2 Å². The van der Waals surface area contributed by atoms with E-state index in [1.54, 1.807) is 30.3 Å². The molecule has 0 bridgehead atoms. The Bertz CT molecular complexity index is 2220. The molecular formula is C43H37Cl2NO7. The van der Waals surface area contributed by atoms with Crippen LogP contribution in [0.1, 0.15) is 57.3 Å². The molecule has 0 saturated heterocycles. The Labute approximate surface area is 317 Å². The first-order valence-electron chi connectivity index (χ1n) is 16.7. The smallest absolute Gasteiger partial charge is 0.339 e. The number of carboxylic acid groups (broad SMARTS) is 1. The average Bonchev–Trinajstić information content (AvgIpc) is 3.54. The van der Waals surface area contributed by atoms with Crippen LogP contribution in [-0.4, -0.2) is 32.3 Å². The minimum absolute atomic E-state index is 0.0119. The van der Waals surface area contributed by atoms with Crippen LogP contribution in [0.15, 0.2) is 127 Å². The van der Waals surface area contributed by atoms with E-state index in [1.807, 2.05) is 96.4 Å². The number of hydrogen-bond donors (Lipinski definition) is 2. The van der Waals surface area contributed by atoms with Crippen molar-refractivity contribution in [3.63, 3.8) is 0 Å². The fourth-order valence-corrected chi connectivity index (χ4v) is 5.84. The van der Waals surface area contributed by atoms with E-state index in [0.29, 0.717) is 46.0 Å². The van der Waals surface area contributed by atoms with Gasteiger partial charge in [0.05, 0.1) is 11.3 Å². The number of nitrogens with zero attached hydrogens (tertiary/aromatic N) is 1. The summed E-state index contributed by atoms with van der Waals surface area (Å²) in [5.74, 6) is -0.480. The van der Waals surface area contributed by atoms with Crippen LogP contribution in [0.5, 0.6) is 17.2 Å². The van der Waals surface area contributed by atoms with Gasteiger partial charge in [-0.05, 0) is 91.7 Å². The first-order valence-corrected chi connectivity index (χ1v) is 17.5. The van der Waals surface area contributed by atoms with Crippen LogP contribution in [0.3, 0.4) is 0 Å². The summed E-state index contributed by atoms with van der Waals surface area (Å²) >= 11 is 12.3. The molecule has 0 amide bonds. The van der Waals surface area contributed by atoms with Crippen molar-refractivity contribution >= 4 is 40.7 Å². The molecule has 0 radical (unpaired) electrons. The molecular weight excluding hydrogens is 713 g/mol. The van der Waals surface area contributed by atoms with Gasteiger partial charge in [-0.3, -0.25) is 4.79 Å². The number of benzene rings is 5. The van der Waals surface area contributed by atoms with E-state index in [4.69, 9.17) is 32.7 Å². The molecule has 10 heteroatoms. The Morgan fingerprint density at radius 1 is 0.660 bits per heavy atom. The van der Waals surface area contributed by atoms with Gasteiger partial charge >= 0.3 is 5.97 Å². The zero-order valence-electron chi connectivity index (χ0n) is 29.1. The molecule has 0 aliphatic heterocycles. The van der Waals surface area contributed by atoms with Gasteiger partial charge in [-0.2, -0.15) is 0 Å².